The van der Waals surface area contributed by atoms with Crippen LogP contribution in [0.4, 0.5) is 0 Å². The standard InChI is InChI=1S/C12H22O4/c1-3-4-9(13)7-10-5-6-11(16-10)8(2)12(14)15/h8-11,13H,3-7H2,1-2H3,(H,14,15)/t8-,9+,10+,11+/m0/s1. The average molecular weight is 230 g/mol. The predicted octanol–water partition coefficient (Wildman–Crippen LogP) is 1.81. The van der Waals surface area contributed by atoms with Crippen LogP contribution in [0.25, 0.3) is 0 Å². The van der Waals surface area contributed by atoms with Crippen LogP contribution < -0.4 is 0 Å². The monoisotopic (exact) mass is 230 g/mol. The van der Waals surface area contributed by atoms with Gasteiger partial charge in [0.05, 0.1) is 24.2 Å². The summed E-state index contributed by atoms with van der Waals surface area (Å²) in [4.78, 5) is 10.8. The highest BCUT2D eigenvalue weighted by atomic mass is 16.5. The van der Waals surface area contributed by atoms with Crippen LogP contribution in [-0.2, 0) is 9.53 Å². The van der Waals surface area contributed by atoms with Crippen molar-refractivity contribution >= 4 is 5.97 Å². The van der Waals surface area contributed by atoms with E-state index in [4.69, 9.17) is 9.84 Å². The van der Waals surface area contributed by atoms with Gasteiger partial charge in [0.25, 0.3) is 0 Å². The zero-order chi connectivity index (χ0) is 12.1. The number of aliphatic carboxylic acids is 1. The molecular weight excluding hydrogens is 208 g/mol. The minimum absolute atomic E-state index is 0.0355. The molecule has 0 radical (unpaired) electrons. The van der Waals surface area contributed by atoms with Gasteiger partial charge in [-0.3, -0.25) is 4.79 Å². The molecule has 0 spiro atoms. The third kappa shape index (κ3) is 3.76. The number of rotatable bonds is 6. The first-order valence-electron chi connectivity index (χ1n) is 6.11. The van der Waals surface area contributed by atoms with Crippen LogP contribution >= 0.6 is 0 Å². The highest BCUT2D eigenvalue weighted by Gasteiger charge is 2.33. The number of hydrogen-bond acceptors (Lipinski definition) is 3. The largest absolute Gasteiger partial charge is 0.481 e. The van der Waals surface area contributed by atoms with Crippen molar-refractivity contribution in [2.75, 3.05) is 0 Å². The van der Waals surface area contributed by atoms with Crippen LogP contribution in [0, 0.1) is 5.92 Å². The van der Waals surface area contributed by atoms with Gasteiger partial charge in [0, 0.05) is 0 Å². The molecule has 1 heterocycles. The van der Waals surface area contributed by atoms with Crippen LogP contribution in [-0.4, -0.2) is 34.5 Å². The van der Waals surface area contributed by atoms with Gasteiger partial charge in [-0.05, 0) is 32.6 Å². The van der Waals surface area contributed by atoms with Crippen molar-refractivity contribution in [2.45, 2.75) is 64.3 Å². The van der Waals surface area contributed by atoms with Crippen molar-refractivity contribution in [2.24, 2.45) is 5.92 Å². The van der Waals surface area contributed by atoms with Gasteiger partial charge in [0.1, 0.15) is 0 Å². The molecule has 0 aromatic rings. The summed E-state index contributed by atoms with van der Waals surface area (Å²) in [6.07, 6.45) is 3.58. The lowest BCUT2D eigenvalue weighted by molar-refractivity contribution is -0.146. The first-order valence-corrected chi connectivity index (χ1v) is 6.11. The van der Waals surface area contributed by atoms with Gasteiger partial charge in [-0.15, -0.1) is 0 Å². The molecular formula is C12H22O4. The maximum Gasteiger partial charge on any atom is 0.308 e. The molecule has 2 N–H and O–H groups in total. The third-order valence-corrected chi connectivity index (χ3v) is 3.24. The van der Waals surface area contributed by atoms with Gasteiger partial charge in [-0.25, -0.2) is 0 Å². The summed E-state index contributed by atoms with van der Waals surface area (Å²) in [5.74, 6) is -1.26. The van der Waals surface area contributed by atoms with E-state index in [2.05, 4.69) is 0 Å². The molecule has 0 unspecified atom stereocenters. The smallest absolute Gasteiger partial charge is 0.308 e. The van der Waals surface area contributed by atoms with Crippen molar-refractivity contribution in [3.05, 3.63) is 0 Å². The van der Waals surface area contributed by atoms with Gasteiger partial charge in [0.15, 0.2) is 0 Å². The number of hydrogen-bond donors (Lipinski definition) is 2. The van der Waals surface area contributed by atoms with E-state index in [1.165, 1.54) is 0 Å². The minimum Gasteiger partial charge on any atom is -0.481 e. The number of carboxylic acid groups (broad SMARTS) is 1. The molecule has 0 bridgehead atoms. The maximum atomic E-state index is 10.8. The fraction of sp³-hybridized carbons (Fsp3) is 0.917. The Balaban J connectivity index is 2.32. The second-order valence-corrected chi connectivity index (χ2v) is 4.68. The molecule has 16 heavy (non-hydrogen) atoms. The Hall–Kier alpha value is -0.610. The van der Waals surface area contributed by atoms with Crippen LogP contribution in [0.5, 0.6) is 0 Å². The minimum atomic E-state index is -0.806. The van der Waals surface area contributed by atoms with Crippen LogP contribution in [0.15, 0.2) is 0 Å². The SMILES string of the molecule is CCC[C@@H](O)C[C@H]1CC[C@H]([C@H](C)C(=O)O)O1. The molecule has 94 valence electrons. The fourth-order valence-electron chi connectivity index (χ4n) is 2.19. The normalized spacial score (nSPS) is 28.9. The fourth-order valence-corrected chi connectivity index (χ4v) is 2.19. The van der Waals surface area contributed by atoms with Crippen molar-refractivity contribution in [1.82, 2.24) is 0 Å². The Morgan fingerprint density at radius 2 is 2.19 bits per heavy atom. The van der Waals surface area contributed by atoms with Crippen LogP contribution in [0.3, 0.4) is 0 Å². The lowest BCUT2D eigenvalue weighted by Crippen LogP contribution is -2.26. The molecule has 0 aromatic carbocycles. The second-order valence-electron chi connectivity index (χ2n) is 4.68. The molecule has 0 saturated carbocycles. The zero-order valence-electron chi connectivity index (χ0n) is 10.1. The molecule has 0 amide bonds. The summed E-state index contributed by atoms with van der Waals surface area (Å²) in [6.45, 7) is 3.71. The van der Waals surface area contributed by atoms with Gasteiger partial charge in [-0.1, -0.05) is 13.3 Å². The zero-order valence-corrected chi connectivity index (χ0v) is 10.1. The van der Waals surface area contributed by atoms with Gasteiger partial charge in [-0.2, -0.15) is 0 Å². The third-order valence-electron chi connectivity index (χ3n) is 3.24. The van der Waals surface area contributed by atoms with Gasteiger partial charge >= 0.3 is 5.97 Å². The highest BCUT2D eigenvalue weighted by Crippen LogP contribution is 2.28. The second kappa shape index (κ2) is 6.21. The average Bonchev–Trinajstić information content (AvgIpc) is 2.65. The summed E-state index contributed by atoms with van der Waals surface area (Å²) >= 11 is 0. The van der Waals surface area contributed by atoms with Gasteiger partial charge < -0.3 is 14.9 Å². The first-order chi connectivity index (χ1) is 7.54. The quantitative estimate of drug-likeness (QED) is 0.730. The Kier molecular flexibility index (Phi) is 5.22. The van der Waals surface area contributed by atoms with E-state index in [9.17, 15) is 9.90 Å². The van der Waals surface area contributed by atoms with E-state index in [1.807, 2.05) is 6.92 Å². The summed E-state index contributed by atoms with van der Waals surface area (Å²) < 4.78 is 5.66. The van der Waals surface area contributed by atoms with E-state index in [1.54, 1.807) is 6.92 Å². The summed E-state index contributed by atoms with van der Waals surface area (Å²) in [6, 6.07) is 0. The van der Waals surface area contributed by atoms with Crippen LogP contribution in [0.1, 0.15) is 46.0 Å². The summed E-state index contributed by atoms with van der Waals surface area (Å²) in [5, 5.41) is 18.5. The molecule has 4 atom stereocenters. The van der Waals surface area contributed by atoms with E-state index < -0.39 is 11.9 Å². The summed E-state index contributed by atoms with van der Waals surface area (Å²) in [5.41, 5.74) is 0. The Bertz CT molecular complexity index is 229. The number of carboxylic acids is 1. The molecule has 0 aromatic heterocycles. The predicted molar refractivity (Wildman–Crippen MR) is 60.2 cm³/mol. The Labute approximate surface area is 96.6 Å². The molecule has 1 rings (SSSR count). The molecule has 4 heteroatoms. The van der Waals surface area contributed by atoms with Crippen molar-refractivity contribution in [1.29, 1.82) is 0 Å². The van der Waals surface area contributed by atoms with Gasteiger partial charge in [0.2, 0.25) is 0 Å². The molecule has 1 aliphatic rings. The molecule has 0 aliphatic carbocycles. The van der Waals surface area contributed by atoms with Crippen molar-refractivity contribution < 1.29 is 19.7 Å². The summed E-state index contributed by atoms with van der Waals surface area (Å²) in [7, 11) is 0. The van der Waals surface area contributed by atoms with E-state index in [-0.39, 0.29) is 18.3 Å². The van der Waals surface area contributed by atoms with Crippen molar-refractivity contribution in [3.63, 3.8) is 0 Å². The van der Waals surface area contributed by atoms with E-state index >= 15 is 0 Å². The number of carbonyl (C=O) groups is 1. The van der Waals surface area contributed by atoms with Crippen molar-refractivity contribution in [3.8, 4) is 0 Å². The maximum absolute atomic E-state index is 10.8. The number of ether oxygens (including phenoxy) is 1. The molecule has 1 saturated heterocycles. The van der Waals surface area contributed by atoms with E-state index in [0.717, 1.165) is 25.7 Å². The van der Waals surface area contributed by atoms with Crippen LogP contribution in [0.2, 0.25) is 0 Å². The molecule has 1 aliphatic heterocycles. The Morgan fingerprint density at radius 1 is 1.50 bits per heavy atom. The Morgan fingerprint density at radius 3 is 2.75 bits per heavy atom. The lowest BCUT2D eigenvalue weighted by atomic mass is 10.0. The molecule has 4 nitrogen and oxygen atoms in total. The van der Waals surface area contributed by atoms with E-state index in [0.29, 0.717) is 6.42 Å². The first kappa shape index (κ1) is 13.5. The lowest BCUT2D eigenvalue weighted by Gasteiger charge is -2.18. The number of aliphatic hydroxyl groups is 1. The highest BCUT2D eigenvalue weighted by molar-refractivity contribution is 5.70. The topological polar surface area (TPSA) is 66.8 Å². The molecule has 1 fully saturated rings. The number of aliphatic hydroxyl groups excluding tert-OH is 1.